The minimum absolute atomic E-state index is 0.0131. The van der Waals surface area contributed by atoms with Crippen molar-refractivity contribution in [1.82, 2.24) is 16.0 Å². The van der Waals surface area contributed by atoms with Gasteiger partial charge in [-0.15, -0.1) is 0 Å². The lowest BCUT2D eigenvalue weighted by Gasteiger charge is -2.46. The molecule has 170 valence electrons. The van der Waals surface area contributed by atoms with Gasteiger partial charge in [-0.05, 0) is 31.2 Å². The van der Waals surface area contributed by atoms with Gasteiger partial charge in [0.15, 0.2) is 0 Å². The summed E-state index contributed by atoms with van der Waals surface area (Å²) < 4.78 is 5.52. The van der Waals surface area contributed by atoms with Crippen molar-refractivity contribution in [2.24, 2.45) is 0 Å². The summed E-state index contributed by atoms with van der Waals surface area (Å²) in [6.45, 7) is 11.6. The normalized spacial score (nSPS) is 19.5. The Morgan fingerprint density at radius 2 is 1.69 bits per heavy atom. The second kappa shape index (κ2) is 12.5. The molecule has 0 spiro atoms. The topological polar surface area (TPSA) is 82.6 Å². The third-order valence-corrected chi connectivity index (χ3v) is 4.80. The maximum Gasteiger partial charge on any atom is 0.254 e. The number of carbonyl (C=O) groups is 1. The number of benzene rings is 2. The summed E-state index contributed by atoms with van der Waals surface area (Å²) in [4.78, 5) is 12.0. The van der Waals surface area contributed by atoms with Crippen LogP contribution in [0.1, 0.15) is 20.3 Å². The monoisotopic (exact) mass is 435 g/mol. The fourth-order valence-electron chi connectivity index (χ4n) is 3.31. The predicted molar refractivity (Wildman–Crippen MR) is 129 cm³/mol. The maximum atomic E-state index is 12.0. The number of hydrogen-bond donors (Lipinski definition) is 4. The highest BCUT2D eigenvalue weighted by Gasteiger charge is 2.41. The van der Waals surface area contributed by atoms with Gasteiger partial charge in [-0.3, -0.25) is 4.79 Å². The lowest BCUT2D eigenvalue weighted by molar-refractivity contribution is -0.219. The third kappa shape index (κ3) is 7.41. The summed E-state index contributed by atoms with van der Waals surface area (Å²) in [5.41, 5.74) is 2.77. The highest BCUT2D eigenvalue weighted by molar-refractivity contribution is 5.97. The van der Waals surface area contributed by atoms with E-state index in [-0.39, 0.29) is 18.6 Å². The van der Waals surface area contributed by atoms with E-state index in [4.69, 9.17) is 9.84 Å². The first-order valence-electron chi connectivity index (χ1n) is 10.6. The lowest BCUT2D eigenvalue weighted by atomic mass is 9.99. The molecule has 6 heteroatoms. The Labute approximate surface area is 190 Å². The van der Waals surface area contributed by atoms with E-state index in [0.29, 0.717) is 24.2 Å². The van der Waals surface area contributed by atoms with Crippen molar-refractivity contribution < 1.29 is 14.6 Å². The molecular formula is C26H33N3O3. The first-order valence-corrected chi connectivity index (χ1v) is 10.6. The molecule has 2 unspecified atom stereocenters. The van der Waals surface area contributed by atoms with Crippen LogP contribution in [0.5, 0.6) is 0 Å². The molecule has 1 amide bonds. The largest absolute Gasteiger partial charge is 0.394 e. The molecule has 4 N–H and O–H groups in total. The molecule has 1 aliphatic heterocycles. The Bertz CT molecular complexity index is 867. The number of carbonyl (C=O) groups excluding carboxylic acids is 1. The van der Waals surface area contributed by atoms with Crippen molar-refractivity contribution in [1.29, 1.82) is 0 Å². The van der Waals surface area contributed by atoms with E-state index in [0.717, 1.165) is 0 Å². The highest BCUT2D eigenvalue weighted by atomic mass is 16.6. The summed E-state index contributed by atoms with van der Waals surface area (Å²) in [6.07, 6.45) is 3.48. The van der Waals surface area contributed by atoms with Crippen LogP contribution in [0.3, 0.4) is 0 Å². The number of ether oxygens (including phenoxy) is 1. The first kappa shape index (κ1) is 24.9. The number of aliphatic hydroxyl groups is 1. The number of likely N-dealkylation sites (N-methyl/N-ethyl adjacent to an activating group) is 1. The quantitative estimate of drug-likeness (QED) is 0.357. The molecule has 0 aromatic heterocycles. The number of hydrogen-bond acceptors (Lipinski definition) is 5. The summed E-state index contributed by atoms with van der Waals surface area (Å²) in [7, 11) is 0. The Kier molecular flexibility index (Phi) is 9.73. The summed E-state index contributed by atoms with van der Waals surface area (Å²) in [5, 5.41) is 17.5. The van der Waals surface area contributed by atoms with Gasteiger partial charge in [0.05, 0.1) is 18.3 Å². The average Bonchev–Trinajstić information content (AvgIpc) is 2.79. The average molecular weight is 436 g/mol. The van der Waals surface area contributed by atoms with Crippen molar-refractivity contribution >= 4 is 5.91 Å². The van der Waals surface area contributed by atoms with E-state index in [1.54, 1.807) is 0 Å². The van der Waals surface area contributed by atoms with Gasteiger partial charge in [0, 0.05) is 24.9 Å². The molecule has 0 aliphatic carbocycles. The van der Waals surface area contributed by atoms with E-state index in [2.05, 4.69) is 77.6 Å². The van der Waals surface area contributed by atoms with Gasteiger partial charge in [-0.25, -0.2) is 0 Å². The smallest absolute Gasteiger partial charge is 0.254 e. The summed E-state index contributed by atoms with van der Waals surface area (Å²) in [5.74, 6) is -0.235. The molecule has 1 heterocycles. The fourth-order valence-corrected chi connectivity index (χ4v) is 3.31. The highest BCUT2D eigenvalue weighted by Crippen LogP contribution is 2.31. The molecule has 32 heavy (non-hydrogen) atoms. The van der Waals surface area contributed by atoms with Gasteiger partial charge in [-0.2, -0.15) is 0 Å². The predicted octanol–water partition coefficient (Wildman–Crippen LogP) is 3.69. The van der Waals surface area contributed by atoms with Crippen molar-refractivity contribution in [3.05, 3.63) is 97.5 Å². The minimum Gasteiger partial charge on any atom is -0.394 e. The van der Waals surface area contributed by atoms with Crippen LogP contribution in [-0.4, -0.2) is 36.0 Å². The first-order chi connectivity index (χ1) is 15.4. The van der Waals surface area contributed by atoms with Crippen LogP contribution in [0.4, 0.5) is 0 Å². The van der Waals surface area contributed by atoms with Crippen LogP contribution in [0.25, 0.3) is 11.1 Å². The van der Waals surface area contributed by atoms with Gasteiger partial charge in [-0.1, -0.05) is 73.8 Å². The molecule has 6 nitrogen and oxygen atoms in total. The SMILES string of the molecule is C=CN/C=C(\C(=C)NC1(C)CC(CO)O1)C(=O)NCC.c1ccc(-c2ccccc2)cc1. The van der Waals surface area contributed by atoms with Crippen molar-refractivity contribution in [2.75, 3.05) is 13.2 Å². The number of amides is 1. The lowest BCUT2D eigenvalue weighted by Crippen LogP contribution is -2.59. The van der Waals surface area contributed by atoms with Crippen LogP contribution >= 0.6 is 0 Å². The maximum absolute atomic E-state index is 12.0. The van der Waals surface area contributed by atoms with E-state index in [9.17, 15) is 4.79 Å². The van der Waals surface area contributed by atoms with E-state index in [1.165, 1.54) is 23.5 Å². The molecule has 2 aromatic rings. The summed E-state index contributed by atoms with van der Waals surface area (Å²) in [6, 6.07) is 20.8. The molecular weight excluding hydrogens is 402 g/mol. The van der Waals surface area contributed by atoms with E-state index >= 15 is 0 Å². The standard InChI is InChI=1S/C14H23N3O3.C12H10/c1-5-15-8-12(13(19)16-6-2)10(3)17-14(4)7-11(9-18)20-14;1-3-7-11(8-4-1)12-9-5-2-6-10-12/h5,8,11,15,17-18H,1,3,6-7,9H2,2,4H3,(H,16,19);1-10H/b12-8+;. The molecule has 3 rings (SSSR count). The van der Waals surface area contributed by atoms with Gasteiger partial charge < -0.3 is 25.8 Å². The Morgan fingerprint density at radius 3 is 2.12 bits per heavy atom. The van der Waals surface area contributed by atoms with Gasteiger partial charge in [0.1, 0.15) is 5.72 Å². The second-order valence-corrected chi connectivity index (χ2v) is 7.48. The van der Waals surface area contributed by atoms with Crippen LogP contribution in [0.15, 0.2) is 97.5 Å². The molecule has 0 radical (unpaired) electrons. The molecule has 1 fully saturated rings. The fraction of sp³-hybridized carbons (Fsp3) is 0.269. The number of nitrogens with one attached hydrogen (secondary N) is 3. The molecule has 2 aromatic carbocycles. The Morgan fingerprint density at radius 1 is 1.16 bits per heavy atom. The minimum atomic E-state index is -0.607. The summed E-state index contributed by atoms with van der Waals surface area (Å²) >= 11 is 0. The molecule has 1 saturated heterocycles. The zero-order chi connectivity index (χ0) is 23.4. The third-order valence-electron chi connectivity index (χ3n) is 4.80. The van der Waals surface area contributed by atoms with Crippen LogP contribution < -0.4 is 16.0 Å². The molecule has 2 atom stereocenters. The van der Waals surface area contributed by atoms with Gasteiger partial charge in [0.2, 0.25) is 0 Å². The second-order valence-electron chi connectivity index (χ2n) is 7.48. The van der Waals surface area contributed by atoms with E-state index in [1.807, 2.05) is 26.0 Å². The molecule has 1 aliphatic rings. The zero-order valence-corrected chi connectivity index (χ0v) is 18.8. The number of aliphatic hydroxyl groups excluding tert-OH is 1. The van der Waals surface area contributed by atoms with Crippen LogP contribution in [0.2, 0.25) is 0 Å². The van der Waals surface area contributed by atoms with Crippen molar-refractivity contribution in [3.8, 4) is 11.1 Å². The Balaban J connectivity index is 0.000000255. The van der Waals surface area contributed by atoms with Crippen LogP contribution in [-0.2, 0) is 9.53 Å². The van der Waals surface area contributed by atoms with Gasteiger partial charge >= 0.3 is 0 Å². The van der Waals surface area contributed by atoms with Gasteiger partial charge in [0.25, 0.3) is 5.91 Å². The zero-order valence-electron chi connectivity index (χ0n) is 18.8. The molecule has 0 saturated carbocycles. The van der Waals surface area contributed by atoms with E-state index < -0.39 is 5.72 Å². The Hall–Kier alpha value is -3.35. The van der Waals surface area contributed by atoms with Crippen molar-refractivity contribution in [2.45, 2.75) is 32.1 Å². The van der Waals surface area contributed by atoms with Crippen LogP contribution in [0, 0.1) is 0 Å². The number of rotatable bonds is 9. The molecule has 0 bridgehead atoms. The van der Waals surface area contributed by atoms with Crippen molar-refractivity contribution in [3.63, 3.8) is 0 Å².